The van der Waals surface area contributed by atoms with Crippen molar-refractivity contribution in [1.82, 2.24) is 10.3 Å². The van der Waals surface area contributed by atoms with Crippen LogP contribution in [-0.2, 0) is 0 Å². The van der Waals surface area contributed by atoms with Gasteiger partial charge in [0.25, 0.3) is 0 Å². The summed E-state index contributed by atoms with van der Waals surface area (Å²) in [7, 11) is 0. The molecule has 0 saturated heterocycles. The van der Waals surface area contributed by atoms with Gasteiger partial charge in [0.2, 0.25) is 0 Å². The molecule has 0 radical (unpaired) electrons. The molecule has 112 valence electrons. The molecule has 1 N–H and O–H groups in total. The van der Waals surface area contributed by atoms with Crippen molar-refractivity contribution in [1.29, 1.82) is 0 Å². The van der Waals surface area contributed by atoms with Gasteiger partial charge in [0, 0.05) is 11.4 Å². The molecule has 0 fully saturated rings. The molecule has 1 aromatic carbocycles. The maximum atomic E-state index is 4.88. The van der Waals surface area contributed by atoms with Gasteiger partial charge < -0.3 is 5.32 Å². The van der Waals surface area contributed by atoms with Crippen LogP contribution in [0.25, 0.3) is 10.9 Å². The Balaban J connectivity index is 2.31. The molecule has 1 aromatic heterocycles. The molecule has 1 atom stereocenters. The summed E-state index contributed by atoms with van der Waals surface area (Å²) in [5, 5.41) is 4.88. The summed E-state index contributed by atoms with van der Waals surface area (Å²) in [5.41, 5.74) is 4.78. The zero-order chi connectivity index (χ0) is 15.2. The Bertz CT molecular complexity index is 616. The Hall–Kier alpha value is -1.67. The van der Waals surface area contributed by atoms with Gasteiger partial charge in [-0.3, -0.25) is 4.98 Å². The van der Waals surface area contributed by atoms with E-state index in [1.807, 2.05) is 0 Å². The highest BCUT2D eigenvalue weighted by atomic mass is 14.9. The number of hydrogen-bond acceptors (Lipinski definition) is 2. The van der Waals surface area contributed by atoms with Crippen LogP contribution in [-0.4, -0.2) is 11.5 Å². The Morgan fingerprint density at radius 2 is 2.10 bits per heavy atom. The van der Waals surface area contributed by atoms with E-state index in [-0.39, 0.29) is 0 Å². The molecule has 0 amide bonds. The van der Waals surface area contributed by atoms with Crippen LogP contribution >= 0.6 is 0 Å². The molecule has 0 aliphatic carbocycles. The van der Waals surface area contributed by atoms with E-state index in [0.717, 1.165) is 37.0 Å². The van der Waals surface area contributed by atoms with Gasteiger partial charge in [-0.15, -0.1) is 6.58 Å². The van der Waals surface area contributed by atoms with Gasteiger partial charge in [-0.2, -0.15) is 0 Å². The molecular formula is C19H26N2. The average molecular weight is 282 g/mol. The third kappa shape index (κ3) is 4.15. The fraction of sp³-hybridized carbons (Fsp3) is 0.421. The Kier molecular flexibility index (Phi) is 5.51. The highest BCUT2D eigenvalue weighted by Crippen LogP contribution is 2.24. The maximum absolute atomic E-state index is 4.88. The van der Waals surface area contributed by atoms with Crippen molar-refractivity contribution in [3.63, 3.8) is 0 Å². The van der Waals surface area contributed by atoms with Crippen molar-refractivity contribution in [2.45, 2.75) is 46.1 Å². The van der Waals surface area contributed by atoms with Gasteiger partial charge in [0.05, 0.1) is 11.2 Å². The number of benzene rings is 1. The van der Waals surface area contributed by atoms with Gasteiger partial charge in [-0.1, -0.05) is 30.7 Å². The minimum absolute atomic E-state index is 0.310. The first kappa shape index (κ1) is 15.7. The number of nitrogens with zero attached hydrogens (tertiary/aromatic N) is 1. The number of aromatic nitrogens is 1. The fourth-order valence-electron chi connectivity index (χ4n) is 2.62. The van der Waals surface area contributed by atoms with E-state index in [1.165, 1.54) is 16.5 Å². The highest BCUT2D eigenvalue weighted by Gasteiger charge is 2.14. The Morgan fingerprint density at radius 1 is 1.33 bits per heavy atom. The summed E-state index contributed by atoms with van der Waals surface area (Å²) in [6.45, 7) is 11.5. The van der Waals surface area contributed by atoms with Crippen molar-refractivity contribution < 1.29 is 0 Å². The van der Waals surface area contributed by atoms with Crippen LogP contribution in [0.1, 0.15) is 50.4 Å². The Morgan fingerprint density at radius 3 is 2.81 bits per heavy atom. The number of aryl methyl sites for hydroxylation is 1. The molecule has 1 unspecified atom stereocenters. The zero-order valence-corrected chi connectivity index (χ0v) is 13.4. The number of allylic oxidation sites excluding steroid dienone is 1. The molecular weight excluding hydrogens is 256 g/mol. The molecule has 21 heavy (non-hydrogen) atoms. The van der Waals surface area contributed by atoms with Gasteiger partial charge in [-0.05, 0) is 57.4 Å². The maximum Gasteiger partial charge on any atom is 0.0708 e. The first-order valence-corrected chi connectivity index (χ1v) is 7.86. The molecule has 0 saturated carbocycles. The molecule has 2 rings (SSSR count). The smallest absolute Gasteiger partial charge is 0.0708 e. The predicted molar refractivity (Wildman–Crippen MR) is 91.6 cm³/mol. The first-order chi connectivity index (χ1) is 10.1. The fourth-order valence-corrected chi connectivity index (χ4v) is 2.62. The summed E-state index contributed by atoms with van der Waals surface area (Å²) < 4.78 is 0. The van der Waals surface area contributed by atoms with E-state index in [0.29, 0.717) is 6.04 Å². The Labute approximate surface area is 128 Å². The van der Waals surface area contributed by atoms with Crippen molar-refractivity contribution in [2.75, 3.05) is 6.54 Å². The number of nitrogens with one attached hydrogen (secondary N) is 1. The van der Waals surface area contributed by atoms with E-state index in [1.54, 1.807) is 0 Å². The van der Waals surface area contributed by atoms with Crippen molar-refractivity contribution >= 4 is 10.9 Å². The van der Waals surface area contributed by atoms with Crippen LogP contribution in [0.5, 0.6) is 0 Å². The van der Waals surface area contributed by atoms with Crippen molar-refractivity contribution in [3.8, 4) is 0 Å². The largest absolute Gasteiger partial charge is 0.309 e. The monoisotopic (exact) mass is 282 g/mol. The zero-order valence-electron chi connectivity index (χ0n) is 13.4. The summed E-state index contributed by atoms with van der Waals surface area (Å²) >= 11 is 0. The van der Waals surface area contributed by atoms with E-state index in [9.17, 15) is 0 Å². The normalized spacial score (nSPS) is 12.5. The molecule has 0 spiro atoms. The molecule has 2 aromatic rings. The van der Waals surface area contributed by atoms with Crippen LogP contribution in [0.4, 0.5) is 0 Å². The van der Waals surface area contributed by atoms with E-state index in [4.69, 9.17) is 4.98 Å². The van der Waals surface area contributed by atoms with Gasteiger partial charge >= 0.3 is 0 Å². The second-order valence-corrected chi connectivity index (χ2v) is 5.88. The third-order valence-corrected chi connectivity index (χ3v) is 3.80. The molecule has 0 aliphatic rings. The summed E-state index contributed by atoms with van der Waals surface area (Å²) in [6, 6.07) is 10.9. The van der Waals surface area contributed by atoms with Crippen LogP contribution in [0.2, 0.25) is 0 Å². The molecule has 0 aliphatic heterocycles. The minimum atomic E-state index is 0.310. The summed E-state index contributed by atoms with van der Waals surface area (Å²) in [5.74, 6) is 0. The second-order valence-electron chi connectivity index (χ2n) is 5.88. The van der Waals surface area contributed by atoms with Gasteiger partial charge in [-0.25, -0.2) is 0 Å². The van der Waals surface area contributed by atoms with Crippen LogP contribution < -0.4 is 5.32 Å². The second kappa shape index (κ2) is 7.37. The standard InChI is InChI=1S/C19H26N2/c1-5-12-20-18(11-10-14(2)3)19-13-15(4)16-8-6-7-9-17(16)21-19/h6-9,13,18,20H,2,5,10-12H2,1,3-4H3. The van der Waals surface area contributed by atoms with Gasteiger partial charge in [0.1, 0.15) is 0 Å². The highest BCUT2D eigenvalue weighted by molar-refractivity contribution is 5.82. The number of para-hydroxylation sites is 1. The van der Waals surface area contributed by atoms with Crippen LogP contribution in [0.15, 0.2) is 42.5 Å². The number of pyridine rings is 1. The van der Waals surface area contributed by atoms with Gasteiger partial charge in [0.15, 0.2) is 0 Å². The van der Waals surface area contributed by atoms with Crippen molar-refractivity contribution in [2.24, 2.45) is 0 Å². The predicted octanol–water partition coefficient (Wildman–Crippen LogP) is 4.94. The summed E-state index contributed by atoms with van der Waals surface area (Å²) in [6.07, 6.45) is 3.23. The van der Waals surface area contributed by atoms with E-state index < -0.39 is 0 Å². The average Bonchev–Trinajstić information content (AvgIpc) is 2.47. The lowest BCUT2D eigenvalue weighted by Gasteiger charge is -2.19. The van der Waals surface area contributed by atoms with E-state index in [2.05, 4.69) is 63.0 Å². The summed E-state index contributed by atoms with van der Waals surface area (Å²) in [4.78, 5) is 4.88. The number of fused-ring (bicyclic) bond motifs is 1. The lowest BCUT2D eigenvalue weighted by molar-refractivity contribution is 0.489. The van der Waals surface area contributed by atoms with E-state index >= 15 is 0 Å². The molecule has 2 heteroatoms. The lowest BCUT2D eigenvalue weighted by atomic mass is 10.0. The van der Waals surface area contributed by atoms with Crippen LogP contribution in [0, 0.1) is 6.92 Å². The molecule has 1 heterocycles. The molecule has 0 bridgehead atoms. The first-order valence-electron chi connectivity index (χ1n) is 7.86. The SMILES string of the molecule is C=C(C)CCC(NCCC)c1cc(C)c2ccccc2n1. The number of hydrogen-bond donors (Lipinski definition) is 1. The number of rotatable bonds is 7. The molecule has 2 nitrogen and oxygen atoms in total. The van der Waals surface area contributed by atoms with Crippen molar-refractivity contribution in [3.05, 3.63) is 53.7 Å². The minimum Gasteiger partial charge on any atom is -0.309 e. The third-order valence-electron chi connectivity index (χ3n) is 3.80. The van der Waals surface area contributed by atoms with Crippen LogP contribution in [0.3, 0.4) is 0 Å². The lowest BCUT2D eigenvalue weighted by Crippen LogP contribution is -2.23. The quantitative estimate of drug-likeness (QED) is 0.727. The topological polar surface area (TPSA) is 24.9 Å².